The third-order valence-electron chi connectivity index (χ3n) is 8.04. The maximum absolute atomic E-state index is 13.3. The highest BCUT2D eigenvalue weighted by Gasteiger charge is 2.24. The molecule has 36 heavy (non-hydrogen) atoms. The molecule has 2 heterocycles. The van der Waals surface area contributed by atoms with Gasteiger partial charge in [-0.25, -0.2) is 9.97 Å². The van der Waals surface area contributed by atoms with E-state index in [-0.39, 0.29) is 5.91 Å². The van der Waals surface area contributed by atoms with Crippen LogP contribution in [0.2, 0.25) is 0 Å². The first kappa shape index (κ1) is 24.8. The van der Waals surface area contributed by atoms with Crippen molar-refractivity contribution in [1.82, 2.24) is 30.2 Å². The Morgan fingerprint density at radius 3 is 2.03 bits per heavy atom. The molecule has 2 saturated carbocycles. The maximum Gasteiger partial charge on any atom is 0.254 e. The Hall–Kier alpha value is -2.93. The maximum atomic E-state index is 13.3. The lowest BCUT2D eigenvalue weighted by Crippen LogP contribution is -2.41. The number of hydrogen-bond acceptors (Lipinski definition) is 4. The summed E-state index contributed by atoms with van der Waals surface area (Å²) in [6, 6.07) is 9.71. The number of amides is 1. The molecule has 0 saturated heterocycles. The molecule has 0 radical (unpaired) electrons. The Labute approximate surface area is 214 Å². The number of carbonyl (C=O) groups excluding carboxylic acids is 1. The van der Waals surface area contributed by atoms with Gasteiger partial charge in [0.2, 0.25) is 0 Å². The van der Waals surface area contributed by atoms with Crippen LogP contribution in [0, 0.1) is 5.92 Å². The number of nitrogens with one attached hydrogen (secondary N) is 3. The van der Waals surface area contributed by atoms with E-state index in [1.807, 2.05) is 12.1 Å². The largest absolute Gasteiger partial charge is 0.347 e. The van der Waals surface area contributed by atoms with Gasteiger partial charge in [0.1, 0.15) is 11.6 Å². The highest BCUT2D eigenvalue weighted by atomic mass is 16.2. The highest BCUT2D eigenvalue weighted by molar-refractivity contribution is 5.94. The van der Waals surface area contributed by atoms with Gasteiger partial charge in [0.25, 0.3) is 5.91 Å². The van der Waals surface area contributed by atoms with Crippen LogP contribution in [-0.2, 0) is 19.5 Å². The minimum Gasteiger partial charge on any atom is -0.347 e. The zero-order valence-corrected chi connectivity index (χ0v) is 21.3. The first-order valence-corrected chi connectivity index (χ1v) is 13.8. The van der Waals surface area contributed by atoms with Crippen molar-refractivity contribution in [1.29, 1.82) is 0 Å². The molecule has 2 aliphatic carbocycles. The quantitative estimate of drug-likeness (QED) is 0.357. The molecule has 192 valence electrons. The highest BCUT2D eigenvalue weighted by Crippen LogP contribution is 2.29. The van der Waals surface area contributed by atoms with Crippen LogP contribution in [0.4, 0.5) is 0 Å². The van der Waals surface area contributed by atoms with Crippen LogP contribution in [0.15, 0.2) is 49.1 Å². The van der Waals surface area contributed by atoms with Crippen molar-refractivity contribution in [2.24, 2.45) is 5.92 Å². The summed E-state index contributed by atoms with van der Waals surface area (Å²) in [4.78, 5) is 29.9. The Morgan fingerprint density at radius 2 is 1.44 bits per heavy atom. The van der Waals surface area contributed by atoms with Crippen LogP contribution >= 0.6 is 0 Å². The lowest BCUT2D eigenvalue weighted by atomic mass is 9.82. The van der Waals surface area contributed by atoms with Crippen LogP contribution in [0.5, 0.6) is 0 Å². The van der Waals surface area contributed by atoms with Crippen molar-refractivity contribution in [2.75, 3.05) is 0 Å². The normalized spacial score (nSPS) is 20.9. The number of hydrogen-bond donors (Lipinski definition) is 3. The predicted octanol–water partition coefficient (Wildman–Crippen LogP) is 5.39. The Balaban J connectivity index is 1.10. The number of benzene rings is 1. The van der Waals surface area contributed by atoms with Crippen molar-refractivity contribution in [3.63, 3.8) is 0 Å². The van der Waals surface area contributed by atoms with E-state index in [4.69, 9.17) is 0 Å². The van der Waals surface area contributed by atoms with E-state index in [0.717, 1.165) is 36.1 Å². The molecule has 0 aliphatic heterocycles. The topological polar surface area (TPSA) is 89.7 Å². The summed E-state index contributed by atoms with van der Waals surface area (Å²) in [5.41, 5.74) is 2.02. The molecule has 2 aliphatic rings. The molecule has 7 nitrogen and oxygen atoms in total. The molecule has 0 atom stereocenters. The number of imidazole rings is 2. The fraction of sp³-hybridized carbons (Fsp3) is 0.552. The summed E-state index contributed by atoms with van der Waals surface area (Å²) in [7, 11) is 0. The molecule has 0 bridgehead atoms. The minimum absolute atomic E-state index is 0.0156. The SMILES string of the molecule is O=C(c1ccc(CCC2CCC(NC3CCCCC3)CC2)cc1)N(Cc1ncc[nH]1)Cc1ncc[nH]1. The van der Waals surface area contributed by atoms with Crippen LogP contribution in [0.3, 0.4) is 0 Å². The van der Waals surface area contributed by atoms with Crippen molar-refractivity contribution in [3.8, 4) is 0 Å². The lowest BCUT2D eigenvalue weighted by Gasteiger charge is -2.33. The van der Waals surface area contributed by atoms with Crippen molar-refractivity contribution in [2.45, 2.75) is 95.8 Å². The van der Waals surface area contributed by atoms with Gasteiger partial charge in [-0.05, 0) is 75.0 Å². The molecule has 2 aromatic heterocycles. The minimum atomic E-state index is -0.0156. The number of aromatic nitrogens is 4. The van der Waals surface area contributed by atoms with Gasteiger partial charge in [0.15, 0.2) is 0 Å². The summed E-state index contributed by atoms with van der Waals surface area (Å²) in [5.74, 6) is 2.33. The van der Waals surface area contributed by atoms with Crippen molar-refractivity contribution < 1.29 is 4.79 Å². The molecule has 3 aromatic rings. The third kappa shape index (κ3) is 6.84. The van der Waals surface area contributed by atoms with Gasteiger partial charge >= 0.3 is 0 Å². The molecular formula is C29H40N6O. The van der Waals surface area contributed by atoms with Crippen LogP contribution in [0.25, 0.3) is 0 Å². The molecule has 1 amide bonds. The first-order chi connectivity index (χ1) is 17.7. The fourth-order valence-electron chi connectivity index (χ4n) is 5.92. The van der Waals surface area contributed by atoms with Gasteiger partial charge in [0, 0.05) is 42.4 Å². The fourth-order valence-corrected chi connectivity index (χ4v) is 5.92. The van der Waals surface area contributed by atoms with Crippen LogP contribution in [0.1, 0.15) is 91.8 Å². The summed E-state index contributed by atoms with van der Waals surface area (Å²) < 4.78 is 0. The Bertz CT molecular complexity index is 996. The van der Waals surface area contributed by atoms with Gasteiger partial charge in [0.05, 0.1) is 13.1 Å². The second kappa shape index (κ2) is 12.3. The molecule has 0 spiro atoms. The number of H-pyrrole nitrogens is 2. The predicted molar refractivity (Wildman–Crippen MR) is 141 cm³/mol. The van der Waals surface area contributed by atoms with Gasteiger partial charge in [-0.3, -0.25) is 4.79 Å². The molecule has 1 aromatic carbocycles. The van der Waals surface area contributed by atoms with Gasteiger partial charge in [-0.1, -0.05) is 31.4 Å². The summed E-state index contributed by atoms with van der Waals surface area (Å²) in [6.07, 6.45) is 21.6. The number of nitrogens with zero attached hydrogens (tertiary/aromatic N) is 3. The number of aromatic amines is 2. The average molecular weight is 489 g/mol. The van der Waals surface area contributed by atoms with E-state index in [9.17, 15) is 4.79 Å². The van der Waals surface area contributed by atoms with E-state index < -0.39 is 0 Å². The number of carbonyl (C=O) groups is 1. The standard InChI is InChI=1S/C29H40N6O/c36-29(35(20-27-30-16-17-31-27)21-28-32-18-19-33-28)24-12-8-22(9-13-24)6-7-23-10-14-26(15-11-23)34-25-4-2-1-3-5-25/h8-9,12-13,16-19,23,25-26,34H,1-7,10-11,14-15,20-21H2,(H,30,31)(H,32,33). The van der Waals surface area contributed by atoms with Crippen LogP contribution < -0.4 is 5.32 Å². The molecular weight excluding hydrogens is 448 g/mol. The van der Waals surface area contributed by atoms with E-state index in [0.29, 0.717) is 18.7 Å². The summed E-state index contributed by atoms with van der Waals surface area (Å²) >= 11 is 0. The van der Waals surface area contributed by atoms with Gasteiger partial charge in [-0.15, -0.1) is 0 Å². The van der Waals surface area contributed by atoms with E-state index >= 15 is 0 Å². The molecule has 3 N–H and O–H groups in total. The monoisotopic (exact) mass is 488 g/mol. The second-order valence-electron chi connectivity index (χ2n) is 10.7. The van der Waals surface area contributed by atoms with Crippen molar-refractivity contribution >= 4 is 5.91 Å². The Morgan fingerprint density at radius 1 is 0.833 bits per heavy atom. The zero-order valence-electron chi connectivity index (χ0n) is 21.3. The summed E-state index contributed by atoms with van der Waals surface area (Å²) in [6.45, 7) is 0.819. The van der Waals surface area contributed by atoms with Gasteiger partial charge < -0.3 is 20.2 Å². The van der Waals surface area contributed by atoms with E-state index in [2.05, 4.69) is 37.4 Å². The first-order valence-electron chi connectivity index (χ1n) is 13.8. The second-order valence-corrected chi connectivity index (χ2v) is 10.7. The molecule has 0 unspecified atom stereocenters. The van der Waals surface area contributed by atoms with Crippen molar-refractivity contribution in [3.05, 3.63) is 71.8 Å². The molecule has 5 rings (SSSR count). The lowest BCUT2D eigenvalue weighted by molar-refractivity contribution is 0.0721. The average Bonchev–Trinajstić information content (AvgIpc) is 3.63. The summed E-state index contributed by atoms with van der Waals surface area (Å²) in [5, 5.41) is 3.96. The Kier molecular flexibility index (Phi) is 8.49. The zero-order chi connectivity index (χ0) is 24.6. The van der Waals surface area contributed by atoms with E-state index in [1.165, 1.54) is 69.8 Å². The van der Waals surface area contributed by atoms with Crippen LogP contribution in [-0.4, -0.2) is 42.8 Å². The number of rotatable bonds is 10. The number of aryl methyl sites for hydroxylation is 1. The third-order valence-corrected chi connectivity index (χ3v) is 8.04. The van der Waals surface area contributed by atoms with E-state index in [1.54, 1.807) is 29.7 Å². The van der Waals surface area contributed by atoms with Gasteiger partial charge in [-0.2, -0.15) is 0 Å². The smallest absolute Gasteiger partial charge is 0.254 e. The molecule has 7 heteroatoms. The molecule has 2 fully saturated rings.